The van der Waals surface area contributed by atoms with Gasteiger partial charge in [-0.3, -0.25) is 0 Å². The van der Waals surface area contributed by atoms with Gasteiger partial charge in [0.2, 0.25) is 0 Å². The molecule has 0 aromatic rings. The van der Waals surface area contributed by atoms with Crippen LogP contribution in [0.3, 0.4) is 0 Å². The van der Waals surface area contributed by atoms with Crippen molar-refractivity contribution in [2.45, 2.75) is 45.1 Å². The number of likely N-dealkylation sites (tertiary alicyclic amines) is 2. The molecule has 114 valence electrons. The van der Waals surface area contributed by atoms with E-state index in [1.165, 1.54) is 32.4 Å². The number of amides is 1. The molecule has 19 heavy (non-hydrogen) atoms. The van der Waals surface area contributed by atoms with Crippen molar-refractivity contribution in [1.82, 2.24) is 9.80 Å². The van der Waals surface area contributed by atoms with Gasteiger partial charge in [0.05, 0.1) is 6.61 Å². The molecule has 0 saturated carbocycles. The van der Waals surface area contributed by atoms with E-state index < -0.39 is 0 Å². The first-order chi connectivity index (χ1) is 8.31. The molecule has 2 aliphatic heterocycles. The smallest absolute Gasteiger partial charge is 0.409 e. The third-order valence-corrected chi connectivity index (χ3v) is 3.90. The van der Waals surface area contributed by atoms with Crippen molar-refractivity contribution in [3.8, 4) is 0 Å². The van der Waals surface area contributed by atoms with Gasteiger partial charge in [-0.1, -0.05) is 6.42 Å². The fourth-order valence-electron chi connectivity index (χ4n) is 2.91. The predicted octanol–water partition coefficient (Wildman–Crippen LogP) is 2.94. The summed E-state index contributed by atoms with van der Waals surface area (Å²) in [5.41, 5.74) is 0. The van der Waals surface area contributed by atoms with Gasteiger partial charge in [-0.2, -0.15) is 0 Å². The number of nitrogens with zero attached hydrogens (tertiary/aromatic N) is 2. The second-order valence-electron chi connectivity index (χ2n) is 5.01. The average Bonchev–Trinajstić information content (AvgIpc) is 2.40. The molecule has 0 unspecified atom stereocenters. The minimum absolute atomic E-state index is 0. The van der Waals surface area contributed by atoms with E-state index in [1.54, 1.807) is 0 Å². The Morgan fingerprint density at radius 3 is 2.16 bits per heavy atom. The molecule has 0 bridgehead atoms. The van der Waals surface area contributed by atoms with E-state index in [1.807, 2.05) is 11.8 Å². The maximum atomic E-state index is 11.6. The summed E-state index contributed by atoms with van der Waals surface area (Å²) in [5.74, 6) is 0. The Balaban J connectivity index is 0.00000162. The van der Waals surface area contributed by atoms with Crippen molar-refractivity contribution < 1.29 is 9.53 Å². The van der Waals surface area contributed by atoms with Gasteiger partial charge in [-0.25, -0.2) is 4.79 Å². The molecule has 2 aliphatic rings. The summed E-state index contributed by atoms with van der Waals surface area (Å²) in [6, 6.07) is 0.695. The lowest BCUT2D eigenvalue weighted by atomic mass is 10.0. The summed E-state index contributed by atoms with van der Waals surface area (Å²) in [5, 5.41) is 0. The van der Waals surface area contributed by atoms with Crippen LogP contribution in [0.15, 0.2) is 0 Å². The molecule has 2 saturated heterocycles. The summed E-state index contributed by atoms with van der Waals surface area (Å²) >= 11 is 0. The molecule has 2 heterocycles. The Morgan fingerprint density at radius 2 is 1.63 bits per heavy atom. The van der Waals surface area contributed by atoms with Gasteiger partial charge < -0.3 is 14.5 Å². The van der Waals surface area contributed by atoms with E-state index in [-0.39, 0.29) is 30.9 Å². The highest BCUT2D eigenvalue weighted by Gasteiger charge is 2.27. The molecule has 0 aliphatic carbocycles. The fourth-order valence-corrected chi connectivity index (χ4v) is 2.91. The van der Waals surface area contributed by atoms with Crippen molar-refractivity contribution in [2.75, 3.05) is 32.8 Å². The van der Waals surface area contributed by atoms with E-state index >= 15 is 0 Å². The maximum absolute atomic E-state index is 11.6. The van der Waals surface area contributed by atoms with Crippen LogP contribution in [0.25, 0.3) is 0 Å². The number of halogens is 2. The van der Waals surface area contributed by atoms with E-state index in [2.05, 4.69) is 4.90 Å². The Hall–Kier alpha value is -0.190. The predicted molar refractivity (Wildman–Crippen MR) is 81.5 cm³/mol. The Morgan fingerprint density at radius 1 is 1.05 bits per heavy atom. The molecule has 2 fully saturated rings. The van der Waals surface area contributed by atoms with Crippen LogP contribution < -0.4 is 0 Å². The first kappa shape index (κ1) is 18.8. The van der Waals surface area contributed by atoms with Crippen LogP contribution >= 0.6 is 24.8 Å². The Labute approximate surface area is 128 Å². The van der Waals surface area contributed by atoms with E-state index in [9.17, 15) is 4.79 Å². The third kappa shape index (κ3) is 5.36. The van der Waals surface area contributed by atoms with Crippen LogP contribution in [0.1, 0.15) is 39.0 Å². The van der Waals surface area contributed by atoms with Crippen molar-refractivity contribution in [3.05, 3.63) is 0 Å². The normalized spacial score (nSPS) is 21.2. The van der Waals surface area contributed by atoms with Crippen LogP contribution in [-0.2, 0) is 4.74 Å². The largest absolute Gasteiger partial charge is 0.450 e. The number of hydrogen-bond donors (Lipinski definition) is 0. The highest BCUT2D eigenvalue weighted by molar-refractivity contribution is 5.85. The SMILES string of the molecule is CCOC(=O)N1CCC(N2CCCCC2)CC1.Cl.Cl. The van der Waals surface area contributed by atoms with Gasteiger partial charge in [-0.05, 0) is 45.7 Å². The molecule has 4 nitrogen and oxygen atoms in total. The minimum Gasteiger partial charge on any atom is -0.450 e. The second kappa shape index (κ2) is 9.67. The molecule has 0 radical (unpaired) electrons. The number of ether oxygens (including phenoxy) is 1. The van der Waals surface area contributed by atoms with E-state index in [4.69, 9.17) is 4.74 Å². The molecular formula is C13H26Cl2N2O2. The molecule has 0 N–H and O–H groups in total. The number of carbonyl (C=O) groups excluding carboxylic acids is 1. The van der Waals surface area contributed by atoms with Crippen LogP contribution in [0, 0.1) is 0 Å². The minimum atomic E-state index is -0.135. The maximum Gasteiger partial charge on any atom is 0.409 e. The molecular weight excluding hydrogens is 287 g/mol. The van der Waals surface area contributed by atoms with Gasteiger partial charge >= 0.3 is 6.09 Å². The summed E-state index contributed by atoms with van der Waals surface area (Å²) in [4.78, 5) is 16.0. The van der Waals surface area contributed by atoms with Gasteiger partial charge in [0, 0.05) is 19.1 Å². The molecule has 2 rings (SSSR count). The van der Waals surface area contributed by atoms with Crippen molar-refractivity contribution in [2.24, 2.45) is 0 Å². The number of hydrogen-bond acceptors (Lipinski definition) is 3. The Kier molecular flexibility index (Phi) is 9.58. The molecule has 0 aromatic heterocycles. The van der Waals surface area contributed by atoms with Gasteiger partial charge in [0.1, 0.15) is 0 Å². The molecule has 0 aromatic carbocycles. The van der Waals surface area contributed by atoms with Crippen molar-refractivity contribution >= 4 is 30.9 Å². The summed E-state index contributed by atoms with van der Waals surface area (Å²) < 4.78 is 5.04. The molecule has 1 amide bonds. The third-order valence-electron chi connectivity index (χ3n) is 3.90. The highest BCUT2D eigenvalue weighted by Crippen LogP contribution is 2.21. The first-order valence-corrected chi connectivity index (χ1v) is 6.97. The van der Waals surface area contributed by atoms with Crippen LogP contribution in [0.2, 0.25) is 0 Å². The van der Waals surface area contributed by atoms with Crippen LogP contribution in [0.4, 0.5) is 4.79 Å². The number of piperidine rings is 2. The zero-order valence-corrected chi connectivity index (χ0v) is 13.3. The van der Waals surface area contributed by atoms with Gasteiger partial charge in [0.25, 0.3) is 0 Å². The topological polar surface area (TPSA) is 32.8 Å². The zero-order chi connectivity index (χ0) is 12.1. The highest BCUT2D eigenvalue weighted by atomic mass is 35.5. The molecule has 0 atom stereocenters. The second-order valence-corrected chi connectivity index (χ2v) is 5.01. The van der Waals surface area contributed by atoms with E-state index in [0.29, 0.717) is 12.6 Å². The average molecular weight is 313 g/mol. The lowest BCUT2D eigenvalue weighted by Crippen LogP contribution is -2.48. The van der Waals surface area contributed by atoms with Crippen molar-refractivity contribution in [1.29, 1.82) is 0 Å². The molecule has 6 heteroatoms. The lowest BCUT2D eigenvalue weighted by Gasteiger charge is -2.39. The van der Waals surface area contributed by atoms with Crippen LogP contribution in [-0.4, -0.2) is 54.7 Å². The number of rotatable bonds is 2. The summed E-state index contributed by atoms with van der Waals surface area (Å²) in [6.45, 7) is 6.57. The Bertz CT molecular complexity index is 253. The lowest BCUT2D eigenvalue weighted by molar-refractivity contribution is 0.0686. The number of carbonyl (C=O) groups is 1. The summed E-state index contributed by atoms with van der Waals surface area (Å²) in [7, 11) is 0. The first-order valence-electron chi connectivity index (χ1n) is 6.97. The van der Waals surface area contributed by atoms with E-state index in [0.717, 1.165) is 25.9 Å². The molecule has 0 spiro atoms. The standard InChI is InChI=1S/C13H24N2O2.2ClH/c1-2-17-13(16)15-10-6-12(7-11-15)14-8-4-3-5-9-14;;/h12H,2-11H2,1H3;2*1H. The monoisotopic (exact) mass is 312 g/mol. The summed E-state index contributed by atoms with van der Waals surface area (Å²) in [6.07, 6.45) is 6.16. The van der Waals surface area contributed by atoms with Gasteiger partial charge in [0.15, 0.2) is 0 Å². The van der Waals surface area contributed by atoms with Gasteiger partial charge in [-0.15, -0.1) is 24.8 Å². The van der Waals surface area contributed by atoms with Crippen molar-refractivity contribution in [3.63, 3.8) is 0 Å². The fraction of sp³-hybridized carbons (Fsp3) is 0.923. The quantitative estimate of drug-likeness (QED) is 0.786. The van der Waals surface area contributed by atoms with Crippen LogP contribution in [0.5, 0.6) is 0 Å². The zero-order valence-electron chi connectivity index (χ0n) is 11.7.